The van der Waals surface area contributed by atoms with Crippen LogP contribution < -0.4 is 5.56 Å². The van der Waals surface area contributed by atoms with Gasteiger partial charge in [0.25, 0.3) is 5.56 Å². The molecule has 0 saturated heterocycles. The van der Waals surface area contributed by atoms with E-state index in [1.807, 2.05) is 26.0 Å². The Morgan fingerprint density at radius 1 is 1.30 bits per heavy atom. The number of likely N-dealkylation sites (N-methyl/N-ethyl adjacent to an activating group) is 1. The number of fused-ring (bicyclic) bond motifs is 1. The third kappa shape index (κ3) is 3.78. The van der Waals surface area contributed by atoms with Crippen molar-refractivity contribution in [1.29, 1.82) is 0 Å². The van der Waals surface area contributed by atoms with Crippen molar-refractivity contribution >= 4 is 16.8 Å². The van der Waals surface area contributed by atoms with Crippen molar-refractivity contribution in [3.63, 3.8) is 0 Å². The van der Waals surface area contributed by atoms with Crippen LogP contribution in [-0.4, -0.2) is 33.4 Å². The Morgan fingerprint density at radius 3 is 2.65 bits per heavy atom. The van der Waals surface area contributed by atoms with Gasteiger partial charge in [-0.1, -0.05) is 26.0 Å². The van der Waals surface area contributed by atoms with Gasteiger partial charge >= 0.3 is 0 Å². The molecular weight excluding hydrogens is 290 g/mol. The molecule has 1 atom stereocenters. The Hall–Kier alpha value is -2.17. The maximum atomic E-state index is 12.5. The summed E-state index contributed by atoms with van der Waals surface area (Å²) in [5.41, 5.74) is 1.49. The number of benzene rings is 1. The van der Waals surface area contributed by atoms with Gasteiger partial charge in [-0.25, -0.2) is 4.98 Å². The van der Waals surface area contributed by atoms with Gasteiger partial charge in [-0.3, -0.25) is 14.2 Å². The molecule has 5 heteroatoms. The number of carbonyl (C=O) groups is 1. The van der Waals surface area contributed by atoms with Crippen LogP contribution in [0.25, 0.3) is 10.9 Å². The van der Waals surface area contributed by atoms with E-state index in [4.69, 9.17) is 0 Å². The molecule has 1 amide bonds. The van der Waals surface area contributed by atoms with Gasteiger partial charge in [-0.05, 0) is 37.8 Å². The maximum absolute atomic E-state index is 12.5. The number of hydrogen-bond acceptors (Lipinski definition) is 3. The van der Waals surface area contributed by atoms with E-state index in [1.165, 1.54) is 10.9 Å². The lowest BCUT2D eigenvalue weighted by Gasteiger charge is -2.26. The molecule has 0 bridgehead atoms. The summed E-state index contributed by atoms with van der Waals surface area (Å²) in [4.78, 5) is 31.0. The second kappa shape index (κ2) is 6.94. The van der Waals surface area contributed by atoms with E-state index < -0.39 is 0 Å². The summed E-state index contributed by atoms with van der Waals surface area (Å²) < 4.78 is 1.39. The highest BCUT2D eigenvalue weighted by atomic mass is 16.2. The number of amides is 1. The molecule has 0 aliphatic heterocycles. The normalized spacial score (nSPS) is 12.6. The molecule has 0 radical (unpaired) electrons. The minimum atomic E-state index is -0.169. The van der Waals surface area contributed by atoms with Gasteiger partial charge < -0.3 is 4.90 Å². The first kappa shape index (κ1) is 17.2. The van der Waals surface area contributed by atoms with Crippen LogP contribution in [0, 0.1) is 12.8 Å². The second-order valence-electron chi connectivity index (χ2n) is 6.63. The fraction of sp³-hybridized carbons (Fsp3) is 0.500. The summed E-state index contributed by atoms with van der Waals surface area (Å²) in [7, 11) is 1.79. The van der Waals surface area contributed by atoms with E-state index in [2.05, 4.69) is 18.8 Å². The van der Waals surface area contributed by atoms with Crippen LogP contribution in [0.4, 0.5) is 0 Å². The van der Waals surface area contributed by atoms with Crippen LogP contribution in [0.2, 0.25) is 0 Å². The molecular formula is C18H25N3O2. The summed E-state index contributed by atoms with van der Waals surface area (Å²) in [6.07, 6.45) is 2.41. The lowest BCUT2D eigenvalue weighted by atomic mass is 10.0. The molecule has 0 aliphatic carbocycles. The molecule has 23 heavy (non-hydrogen) atoms. The van der Waals surface area contributed by atoms with Crippen molar-refractivity contribution in [2.45, 2.75) is 46.7 Å². The highest BCUT2D eigenvalue weighted by Crippen LogP contribution is 2.12. The molecule has 0 fully saturated rings. The van der Waals surface area contributed by atoms with E-state index in [0.29, 0.717) is 16.8 Å². The monoisotopic (exact) mass is 315 g/mol. The van der Waals surface area contributed by atoms with Crippen molar-refractivity contribution in [3.8, 4) is 0 Å². The molecule has 5 nitrogen and oxygen atoms in total. The predicted molar refractivity (Wildman–Crippen MR) is 92.4 cm³/mol. The van der Waals surface area contributed by atoms with Crippen molar-refractivity contribution < 1.29 is 4.79 Å². The molecule has 2 aromatic rings. The number of aromatic nitrogens is 2. The fourth-order valence-corrected chi connectivity index (χ4v) is 2.79. The third-order valence-corrected chi connectivity index (χ3v) is 4.23. The Kier molecular flexibility index (Phi) is 5.19. The van der Waals surface area contributed by atoms with E-state index in [-0.39, 0.29) is 24.1 Å². The standard InChI is InChI=1S/C18H25N3O2/c1-12(2)9-14(4)20(5)16(22)10-21-11-19-17-13(3)7-6-8-15(17)18(21)23/h6-8,11-12,14H,9-10H2,1-5H3/t14-/m1/s1. The molecule has 1 aromatic carbocycles. The van der Waals surface area contributed by atoms with Crippen LogP contribution in [0.15, 0.2) is 29.3 Å². The summed E-state index contributed by atoms with van der Waals surface area (Å²) in [6, 6.07) is 5.66. The van der Waals surface area contributed by atoms with Gasteiger partial charge in [0.1, 0.15) is 6.54 Å². The van der Waals surface area contributed by atoms with Gasteiger partial charge in [-0.2, -0.15) is 0 Å². The number of hydrogen-bond donors (Lipinski definition) is 0. The highest BCUT2D eigenvalue weighted by molar-refractivity contribution is 5.81. The zero-order valence-corrected chi connectivity index (χ0v) is 14.5. The van der Waals surface area contributed by atoms with Crippen LogP contribution in [0.1, 0.15) is 32.8 Å². The first-order chi connectivity index (χ1) is 10.8. The molecule has 0 N–H and O–H groups in total. The van der Waals surface area contributed by atoms with Gasteiger partial charge in [0.05, 0.1) is 17.2 Å². The van der Waals surface area contributed by atoms with E-state index in [0.717, 1.165) is 12.0 Å². The lowest BCUT2D eigenvalue weighted by Crippen LogP contribution is -2.39. The zero-order valence-electron chi connectivity index (χ0n) is 14.5. The molecule has 0 unspecified atom stereocenters. The summed E-state index contributed by atoms with van der Waals surface area (Å²) in [5.74, 6) is 0.447. The second-order valence-corrected chi connectivity index (χ2v) is 6.63. The first-order valence-electron chi connectivity index (χ1n) is 8.01. The number of rotatable bonds is 5. The van der Waals surface area contributed by atoms with E-state index >= 15 is 0 Å². The largest absolute Gasteiger partial charge is 0.341 e. The molecule has 0 spiro atoms. The topological polar surface area (TPSA) is 55.2 Å². The Morgan fingerprint density at radius 2 is 2.00 bits per heavy atom. The van der Waals surface area contributed by atoms with E-state index in [1.54, 1.807) is 18.0 Å². The average molecular weight is 315 g/mol. The number of nitrogens with zero attached hydrogens (tertiary/aromatic N) is 3. The van der Waals surface area contributed by atoms with Crippen molar-refractivity contribution in [3.05, 3.63) is 40.4 Å². The predicted octanol–water partition coefficient (Wildman–Crippen LogP) is 2.60. The van der Waals surface area contributed by atoms with Gasteiger partial charge in [-0.15, -0.1) is 0 Å². The quantitative estimate of drug-likeness (QED) is 0.852. The van der Waals surface area contributed by atoms with Crippen molar-refractivity contribution in [2.24, 2.45) is 5.92 Å². The van der Waals surface area contributed by atoms with Gasteiger partial charge in [0, 0.05) is 13.1 Å². The van der Waals surface area contributed by atoms with Gasteiger partial charge in [0.15, 0.2) is 0 Å². The van der Waals surface area contributed by atoms with Crippen molar-refractivity contribution in [1.82, 2.24) is 14.5 Å². The SMILES string of the molecule is Cc1cccc2c(=O)n(CC(=O)N(C)[C@H](C)CC(C)C)cnc12. The van der Waals surface area contributed by atoms with E-state index in [9.17, 15) is 9.59 Å². The lowest BCUT2D eigenvalue weighted by molar-refractivity contribution is -0.132. The summed E-state index contributed by atoms with van der Waals surface area (Å²) in [5, 5.41) is 0.554. The Bertz CT molecular complexity index is 764. The van der Waals surface area contributed by atoms with Crippen LogP contribution in [0.3, 0.4) is 0 Å². The third-order valence-electron chi connectivity index (χ3n) is 4.23. The molecule has 1 aromatic heterocycles. The average Bonchev–Trinajstić information content (AvgIpc) is 2.49. The van der Waals surface area contributed by atoms with Crippen LogP contribution >= 0.6 is 0 Å². The van der Waals surface area contributed by atoms with Gasteiger partial charge in [0.2, 0.25) is 5.91 Å². The fourth-order valence-electron chi connectivity index (χ4n) is 2.79. The molecule has 0 saturated carbocycles. The molecule has 1 heterocycles. The number of aryl methyl sites for hydroxylation is 1. The highest BCUT2D eigenvalue weighted by Gasteiger charge is 2.18. The Labute approximate surface area is 136 Å². The van der Waals surface area contributed by atoms with Crippen LogP contribution in [0.5, 0.6) is 0 Å². The first-order valence-corrected chi connectivity index (χ1v) is 8.01. The smallest absolute Gasteiger partial charge is 0.261 e. The molecule has 2 rings (SSSR count). The minimum Gasteiger partial charge on any atom is -0.341 e. The minimum absolute atomic E-state index is 0.0225. The maximum Gasteiger partial charge on any atom is 0.261 e. The zero-order chi connectivity index (χ0) is 17.1. The summed E-state index contributed by atoms with van der Waals surface area (Å²) in [6.45, 7) is 8.24. The number of para-hydroxylation sites is 1. The van der Waals surface area contributed by atoms with Crippen molar-refractivity contribution in [2.75, 3.05) is 7.05 Å². The van der Waals surface area contributed by atoms with Crippen LogP contribution in [-0.2, 0) is 11.3 Å². The summed E-state index contributed by atoms with van der Waals surface area (Å²) >= 11 is 0. The Balaban J connectivity index is 2.23. The number of carbonyl (C=O) groups excluding carboxylic acids is 1. The molecule has 124 valence electrons. The molecule has 0 aliphatic rings.